The minimum Gasteiger partial charge on any atom is -0.507 e. The quantitative estimate of drug-likeness (QED) is 0.261. The molecular weight excluding hydrogens is 443 g/mol. The Labute approximate surface area is 192 Å². The number of ether oxygens (including phenoxy) is 1. The maximum Gasteiger partial charge on any atom is 0.301 e. The van der Waals surface area contributed by atoms with Gasteiger partial charge >= 0.3 is 5.91 Å². The van der Waals surface area contributed by atoms with Gasteiger partial charge in [-0.3, -0.25) is 14.5 Å². The molecule has 0 saturated carbocycles. The first-order valence-corrected chi connectivity index (χ1v) is 10.9. The topological polar surface area (TPSA) is 79.7 Å². The van der Waals surface area contributed by atoms with Gasteiger partial charge in [-0.15, -0.1) is 0 Å². The molecule has 6 nitrogen and oxygen atoms in total. The van der Waals surface area contributed by atoms with Gasteiger partial charge in [0.15, 0.2) is 5.13 Å². The summed E-state index contributed by atoms with van der Waals surface area (Å²) < 4.78 is 19.5. The van der Waals surface area contributed by atoms with Crippen LogP contribution in [0, 0.1) is 5.82 Å². The average Bonchev–Trinajstić information content (AvgIpc) is 3.37. The zero-order valence-electron chi connectivity index (χ0n) is 17.4. The van der Waals surface area contributed by atoms with E-state index in [1.165, 1.54) is 40.5 Å². The predicted octanol–water partition coefficient (Wildman–Crippen LogP) is 5.07. The molecule has 0 bridgehead atoms. The van der Waals surface area contributed by atoms with Crippen LogP contribution in [0.4, 0.5) is 9.52 Å². The summed E-state index contributed by atoms with van der Waals surface area (Å²) in [7, 11) is 1.56. The summed E-state index contributed by atoms with van der Waals surface area (Å²) in [6.07, 6.45) is 0. The summed E-state index contributed by atoms with van der Waals surface area (Å²) in [5.41, 5.74) is 1.46. The number of amides is 1. The van der Waals surface area contributed by atoms with Crippen LogP contribution in [0.5, 0.6) is 5.75 Å². The number of fused-ring (bicyclic) bond motifs is 1. The van der Waals surface area contributed by atoms with Crippen LogP contribution in [0.2, 0.25) is 0 Å². The number of thiazole rings is 1. The lowest BCUT2D eigenvalue weighted by Crippen LogP contribution is -2.29. The smallest absolute Gasteiger partial charge is 0.301 e. The Balaban J connectivity index is 1.71. The summed E-state index contributed by atoms with van der Waals surface area (Å²) >= 11 is 1.25. The van der Waals surface area contributed by atoms with Crippen molar-refractivity contribution in [2.75, 3.05) is 12.0 Å². The Morgan fingerprint density at radius 3 is 2.48 bits per heavy atom. The second kappa shape index (κ2) is 8.14. The number of ketones is 1. The lowest BCUT2D eigenvalue weighted by molar-refractivity contribution is -0.132. The molecule has 4 aromatic rings. The Hall–Kier alpha value is -4.04. The van der Waals surface area contributed by atoms with Crippen LogP contribution in [-0.4, -0.2) is 28.9 Å². The van der Waals surface area contributed by atoms with Gasteiger partial charge in [0.2, 0.25) is 0 Å². The second-order valence-corrected chi connectivity index (χ2v) is 8.43. The number of aromatic nitrogens is 1. The van der Waals surface area contributed by atoms with Crippen molar-refractivity contribution in [2.24, 2.45) is 0 Å². The number of nitrogens with zero attached hydrogens (tertiary/aromatic N) is 2. The molecule has 8 heteroatoms. The van der Waals surface area contributed by atoms with E-state index in [1.807, 2.05) is 12.1 Å². The highest BCUT2D eigenvalue weighted by Gasteiger charge is 2.48. The lowest BCUT2D eigenvalue weighted by Gasteiger charge is -2.22. The van der Waals surface area contributed by atoms with Gasteiger partial charge < -0.3 is 9.84 Å². The number of carbonyl (C=O) groups excluding carboxylic acids is 2. The average molecular weight is 460 g/mol. The van der Waals surface area contributed by atoms with Crippen molar-refractivity contribution in [3.63, 3.8) is 0 Å². The summed E-state index contributed by atoms with van der Waals surface area (Å²) in [6, 6.07) is 18.5. The van der Waals surface area contributed by atoms with E-state index in [2.05, 4.69) is 4.98 Å². The van der Waals surface area contributed by atoms with Crippen LogP contribution in [0.25, 0.3) is 16.0 Å². The number of rotatable bonds is 4. The third-order valence-corrected chi connectivity index (χ3v) is 6.49. The monoisotopic (exact) mass is 460 g/mol. The minimum atomic E-state index is -0.890. The molecule has 1 saturated heterocycles. The fourth-order valence-corrected chi connectivity index (χ4v) is 4.89. The van der Waals surface area contributed by atoms with Crippen LogP contribution in [-0.2, 0) is 9.59 Å². The van der Waals surface area contributed by atoms with Crippen molar-refractivity contribution in [3.05, 3.63) is 95.3 Å². The van der Waals surface area contributed by atoms with E-state index in [9.17, 15) is 19.1 Å². The molecule has 1 amide bonds. The van der Waals surface area contributed by atoms with Crippen LogP contribution in [0.3, 0.4) is 0 Å². The van der Waals surface area contributed by atoms with E-state index in [0.29, 0.717) is 22.0 Å². The molecule has 164 valence electrons. The fourth-order valence-electron chi connectivity index (χ4n) is 3.87. The minimum absolute atomic E-state index is 0.0744. The molecule has 2 heterocycles. The normalized spacial score (nSPS) is 17.6. The van der Waals surface area contributed by atoms with Crippen molar-refractivity contribution < 1.29 is 23.8 Å². The molecule has 33 heavy (non-hydrogen) atoms. The second-order valence-electron chi connectivity index (χ2n) is 7.42. The molecule has 0 radical (unpaired) electrons. The van der Waals surface area contributed by atoms with Gasteiger partial charge in [0.1, 0.15) is 17.3 Å². The molecule has 1 atom stereocenters. The number of aliphatic hydroxyl groups is 1. The fraction of sp³-hybridized carbons (Fsp3) is 0.0800. The van der Waals surface area contributed by atoms with Gasteiger partial charge in [0, 0.05) is 5.56 Å². The number of hydrogen-bond donors (Lipinski definition) is 1. The van der Waals surface area contributed by atoms with Gasteiger partial charge in [0.25, 0.3) is 5.78 Å². The lowest BCUT2D eigenvalue weighted by atomic mass is 9.95. The molecule has 1 unspecified atom stereocenters. The van der Waals surface area contributed by atoms with Crippen LogP contribution in [0.15, 0.2) is 78.4 Å². The molecule has 1 aromatic heterocycles. The molecule has 3 aromatic carbocycles. The van der Waals surface area contributed by atoms with Gasteiger partial charge in [-0.25, -0.2) is 9.37 Å². The van der Waals surface area contributed by atoms with Gasteiger partial charge in [-0.1, -0.05) is 41.7 Å². The Bertz CT molecular complexity index is 1410. The predicted molar refractivity (Wildman–Crippen MR) is 124 cm³/mol. The summed E-state index contributed by atoms with van der Waals surface area (Å²) in [4.78, 5) is 32.2. The number of aliphatic hydroxyl groups excluding tert-OH is 1. The number of benzene rings is 3. The first-order valence-electron chi connectivity index (χ1n) is 10.0. The summed E-state index contributed by atoms with van der Waals surface area (Å²) in [5.74, 6) is -1.82. The highest BCUT2D eigenvalue weighted by molar-refractivity contribution is 7.22. The number of carbonyl (C=O) groups is 2. The third-order valence-electron chi connectivity index (χ3n) is 5.47. The van der Waals surface area contributed by atoms with E-state index in [1.54, 1.807) is 43.5 Å². The van der Waals surface area contributed by atoms with Crippen molar-refractivity contribution in [2.45, 2.75) is 6.04 Å². The SMILES string of the molecule is COc1ccc2nc(N3C(=O)C(=O)C(=C(O)c4ccc(F)cc4)C3c3ccccc3)sc2c1. The molecule has 1 aliphatic heterocycles. The molecule has 1 aliphatic rings. The maximum absolute atomic E-state index is 13.4. The van der Waals surface area contributed by atoms with Crippen molar-refractivity contribution >= 4 is 44.1 Å². The van der Waals surface area contributed by atoms with Crippen LogP contribution < -0.4 is 9.64 Å². The Morgan fingerprint density at radius 2 is 1.79 bits per heavy atom. The molecule has 1 N–H and O–H groups in total. The molecule has 1 fully saturated rings. The molecule has 0 spiro atoms. The number of anilines is 1. The number of Topliss-reactive ketones (excluding diaryl/α,β-unsaturated/α-hetero) is 1. The van der Waals surface area contributed by atoms with Crippen LogP contribution in [0.1, 0.15) is 17.2 Å². The van der Waals surface area contributed by atoms with E-state index in [4.69, 9.17) is 4.74 Å². The highest BCUT2D eigenvalue weighted by Crippen LogP contribution is 2.44. The van der Waals surface area contributed by atoms with Gasteiger partial charge in [0.05, 0.1) is 28.9 Å². The van der Waals surface area contributed by atoms with Gasteiger partial charge in [-0.2, -0.15) is 0 Å². The first kappa shape index (κ1) is 20.8. The third kappa shape index (κ3) is 3.54. The zero-order chi connectivity index (χ0) is 23.1. The summed E-state index contributed by atoms with van der Waals surface area (Å²) in [5, 5.41) is 11.4. The summed E-state index contributed by atoms with van der Waals surface area (Å²) in [6.45, 7) is 0. The van der Waals surface area contributed by atoms with Crippen LogP contribution >= 0.6 is 11.3 Å². The Kier molecular flexibility index (Phi) is 5.14. The van der Waals surface area contributed by atoms with E-state index in [0.717, 1.165) is 4.70 Å². The number of hydrogen-bond acceptors (Lipinski definition) is 6. The molecular formula is C25H17FN2O4S. The standard InChI is InChI=1S/C25H17FN2O4S/c1-32-17-11-12-18-19(13-17)33-25(27-18)28-21(14-5-3-2-4-6-14)20(23(30)24(28)31)22(29)15-7-9-16(26)10-8-15/h2-13,21,29H,1H3. The van der Waals surface area contributed by atoms with E-state index in [-0.39, 0.29) is 16.9 Å². The van der Waals surface area contributed by atoms with Crippen molar-refractivity contribution in [1.29, 1.82) is 0 Å². The highest BCUT2D eigenvalue weighted by atomic mass is 32.1. The van der Waals surface area contributed by atoms with Crippen molar-refractivity contribution in [3.8, 4) is 5.75 Å². The zero-order valence-corrected chi connectivity index (χ0v) is 18.2. The largest absolute Gasteiger partial charge is 0.507 e. The van der Waals surface area contributed by atoms with E-state index >= 15 is 0 Å². The Morgan fingerprint density at radius 1 is 1.06 bits per heavy atom. The number of methoxy groups -OCH3 is 1. The molecule has 5 rings (SSSR count). The molecule has 0 aliphatic carbocycles. The number of halogens is 1. The van der Waals surface area contributed by atoms with Crippen molar-refractivity contribution in [1.82, 2.24) is 4.98 Å². The van der Waals surface area contributed by atoms with Gasteiger partial charge in [-0.05, 0) is 48.0 Å². The van der Waals surface area contributed by atoms with E-state index < -0.39 is 23.5 Å². The maximum atomic E-state index is 13.4. The first-order chi connectivity index (χ1) is 16.0.